The van der Waals surface area contributed by atoms with E-state index in [4.69, 9.17) is 4.74 Å². The molecule has 17 heavy (non-hydrogen) atoms. The summed E-state index contributed by atoms with van der Waals surface area (Å²) in [5.41, 5.74) is 1.19. The van der Waals surface area contributed by atoms with Gasteiger partial charge in [-0.25, -0.2) is 0 Å². The van der Waals surface area contributed by atoms with Gasteiger partial charge in [0.25, 0.3) is 0 Å². The lowest BCUT2D eigenvalue weighted by atomic mass is 10.1. The first-order valence-corrected chi connectivity index (χ1v) is 6.28. The van der Waals surface area contributed by atoms with E-state index in [2.05, 4.69) is 55.7 Å². The van der Waals surface area contributed by atoms with Gasteiger partial charge in [0.2, 0.25) is 0 Å². The van der Waals surface area contributed by atoms with Gasteiger partial charge < -0.3 is 15.4 Å². The molecule has 1 atom stereocenters. The smallest absolute Gasteiger partial charge is 0.120 e. The van der Waals surface area contributed by atoms with Crippen LogP contribution in [0.2, 0.25) is 0 Å². The molecule has 3 heteroatoms. The molecular weight excluding hydrogens is 212 g/mol. The molecule has 0 spiro atoms. The highest BCUT2D eigenvalue weighted by atomic mass is 16.5. The zero-order chi connectivity index (χ0) is 12.3. The molecule has 1 heterocycles. The van der Waals surface area contributed by atoms with Gasteiger partial charge in [-0.15, -0.1) is 0 Å². The first kappa shape index (κ1) is 12.4. The van der Waals surface area contributed by atoms with Gasteiger partial charge in [0.05, 0.1) is 0 Å². The van der Waals surface area contributed by atoms with E-state index in [1.54, 1.807) is 0 Å². The lowest BCUT2D eigenvalue weighted by Gasteiger charge is -2.25. The van der Waals surface area contributed by atoms with Gasteiger partial charge in [-0.3, -0.25) is 0 Å². The highest BCUT2D eigenvalue weighted by Gasteiger charge is 2.15. The Hall–Kier alpha value is -1.06. The van der Waals surface area contributed by atoms with Crippen LogP contribution in [-0.2, 0) is 0 Å². The molecule has 0 amide bonds. The molecule has 0 radical (unpaired) electrons. The van der Waals surface area contributed by atoms with Crippen molar-refractivity contribution in [3.63, 3.8) is 0 Å². The summed E-state index contributed by atoms with van der Waals surface area (Å²) in [6, 6.07) is 8.82. The van der Waals surface area contributed by atoms with Crippen molar-refractivity contribution in [1.29, 1.82) is 0 Å². The second kappa shape index (κ2) is 5.07. The zero-order valence-electron chi connectivity index (χ0n) is 10.9. The monoisotopic (exact) mass is 234 g/mol. The number of piperazine rings is 1. The molecule has 0 aliphatic carbocycles. The molecule has 0 bridgehead atoms. The number of benzene rings is 1. The fourth-order valence-electron chi connectivity index (χ4n) is 2.01. The topological polar surface area (TPSA) is 33.3 Å². The second-order valence-electron chi connectivity index (χ2n) is 5.49. The maximum absolute atomic E-state index is 5.81. The van der Waals surface area contributed by atoms with E-state index in [0.717, 1.165) is 25.4 Å². The number of rotatable bonds is 2. The predicted octanol–water partition coefficient (Wildman–Crippen LogP) is 2.10. The van der Waals surface area contributed by atoms with E-state index < -0.39 is 0 Å². The molecule has 1 saturated heterocycles. The summed E-state index contributed by atoms with van der Waals surface area (Å²) in [6.07, 6.45) is 0. The Bertz CT molecular complexity index is 347. The van der Waals surface area contributed by atoms with Crippen molar-refractivity contribution < 1.29 is 4.74 Å². The fraction of sp³-hybridized carbons (Fsp3) is 0.571. The van der Waals surface area contributed by atoms with Gasteiger partial charge in [0, 0.05) is 25.7 Å². The van der Waals surface area contributed by atoms with Crippen LogP contribution in [0.4, 0.5) is 0 Å². The lowest BCUT2D eigenvalue weighted by molar-refractivity contribution is 0.131. The van der Waals surface area contributed by atoms with E-state index >= 15 is 0 Å². The lowest BCUT2D eigenvalue weighted by Crippen LogP contribution is -2.42. The van der Waals surface area contributed by atoms with Crippen molar-refractivity contribution >= 4 is 0 Å². The summed E-state index contributed by atoms with van der Waals surface area (Å²) in [5.74, 6) is 0.935. The van der Waals surface area contributed by atoms with Crippen molar-refractivity contribution in [2.75, 3.05) is 19.6 Å². The molecule has 1 aromatic carbocycles. The van der Waals surface area contributed by atoms with Crippen LogP contribution in [0.15, 0.2) is 24.3 Å². The van der Waals surface area contributed by atoms with Crippen molar-refractivity contribution in [2.45, 2.75) is 32.4 Å². The Morgan fingerprint density at radius 3 is 2.35 bits per heavy atom. The largest absolute Gasteiger partial charge is 0.488 e. The molecule has 1 aromatic rings. The molecule has 2 rings (SSSR count). The Balaban J connectivity index is 2.02. The zero-order valence-corrected chi connectivity index (χ0v) is 10.9. The van der Waals surface area contributed by atoms with Crippen LogP contribution in [-0.4, -0.2) is 25.2 Å². The van der Waals surface area contributed by atoms with Gasteiger partial charge in [-0.1, -0.05) is 12.1 Å². The summed E-state index contributed by atoms with van der Waals surface area (Å²) in [6.45, 7) is 9.28. The third kappa shape index (κ3) is 3.72. The Kier molecular flexibility index (Phi) is 3.69. The first-order chi connectivity index (χ1) is 8.04. The summed E-state index contributed by atoms with van der Waals surface area (Å²) in [7, 11) is 0. The van der Waals surface area contributed by atoms with Crippen LogP contribution < -0.4 is 15.4 Å². The Morgan fingerprint density at radius 2 is 1.82 bits per heavy atom. The summed E-state index contributed by atoms with van der Waals surface area (Å²) in [5, 5.41) is 6.89. The van der Waals surface area contributed by atoms with Crippen LogP contribution in [0.1, 0.15) is 32.4 Å². The van der Waals surface area contributed by atoms with E-state index in [9.17, 15) is 0 Å². The quantitative estimate of drug-likeness (QED) is 0.822. The summed E-state index contributed by atoms with van der Waals surface area (Å²) in [4.78, 5) is 0. The van der Waals surface area contributed by atoms with E-state index in [1.165, 1.54) is 5.56 Å². The molecule has 3 nitrogen and oxygen atoms in total. The average molecular weight is 234 g/mol. The molecule has 1 fully saturated rings. The van der Waals surface area contributed by atoms with Gasteiger partial charge >= 0.3 is 0 Å². The molecule has 2 N–H and O–H groups in total. The molecule has 0 aromatic heterocycles. The van der Waals surface area contributed by atoms with Crippen LogP contribution in [0.25, 0.3) is 0 Å². The fourth-order valence-corrected chi connectivity index (χ4v) is 2.01. The molecular formula is C14H22N2O. The Labute approximate surface area is 104 Å². The molecule has 1 aliphatic heterocycles. The summed E-state index contributed by atoms with van der Waals surface area (Å²) >= 11 is 0. The van der Waals surface area contributed by atoms with Crippen molar-refractivity contribution in [3.05, 3.63) is 29.8 Å². The van der Waals surface area contributed by atoms with Crippen LogP contribution >= 0.6 is 0 Å². The van der Waals surface area contributed by atoms with Crippen molar-refractivity contribution in [2.24, 2.45) is 0 Å². The van der Waals surface area contributed by atoms with Crippen LogP contribution in [0, 0.1) is 0 Å². The van der Waals surface area contributed by atoms with Gasteiger partial charge in [-0.2, -0.15) is 0 Å². The second-order valence-corrected chi connectivity index (χ2v) is 5.49. The van der Waals surface area contributed by atoms with Gasteiger partial charge in [0.1, 0.15) is 11.4 Å². The molecule has 1 aliphatic rings. The highest BCUT2D eigenvalue weighted by Crippen LogP contribution is 2.21. The van der Waals surface area contributed by atoms with Crippen LogP contribution in [0.5, 0.6) is 5.75 Å². The van der Waals surface area contributed by atoms with Crippen molar-refractivity contribution in [1.82, 2.24) is 10.6 Å². The van der Waals surface area contributed by atoms with Gasteiger partial charge in [-0.05, 0) is 38.5 Å². The summed E-state index contributed by atoms with van der Waals surface area (Å²) < 4.78 is 5.81. The SMILES string of the molecule is CC(C)(C)Oc1ccc([C@@H]2CNCCN2)cc1. The van der Waals surface area contributed by atoms with Gasteiger partial charge in [0.15, 0.2) is 0 Å². The van der Waals surface area contributed by atoms with E-state index in [0.29, 0.717) is 6.04 Å². The average Bonchev–Trinajstić information content (AvgIpc) is 2.29. The minimum absolute atomic E-state index is 0.133. The van der Waals surface area contributed by atoms with Crippen molar-refractivity contribution in [3.8, 4) is 5.75 Å². The highest BCUT2D eigenvalue weighted by molar-refractivity contribution is 5.30. The third-order valence-electron chi connectivity index (χ3n) is 2.75. The molecule has 0 unspecified atom stereocenters. The minimum atomic E-state index is -0.133. The maximum Gasteiger partial charge on any atom is 0.120 e. The minimum Gasteiger partial charge on any atom is -0.488 e. The number of ether oxygens (including phenoxy) is 1. The third-order valence-corrected chi connectivity index (χ3v) is 2.75. The maximum atomic E-state index is 5.81. The van der Waals surface area contributed by atoms with E-state index in [-0.39, 0.29) is 5.60 Å². The number of hydrogen-bond acceptors (Lipinski definition) is 3. The normalized spacial score (nSPS) is 21.2. The standard InChI is InChI=1S/C14H22N2O/c1-14(2,3)17-12-6-4-11(5-7-12)13-10-15-8-9-16-13/h4-7,13,15-16H,8-10H2,1-3H3/t13-/m0/s1. The molecule has 0 saturated carbocycles. The predicted molar refractivity (Wildman–Crippen MR) is 70.4 cm³/mol. The Morgan fingerprint density at radius 1 is 1.12 bits per heavy atom. The number of nitrogens with one attached hydrogen (secondary N) is 2. The molecule has 94 valence electrons. The number of hydrogen-bond donors (Lipinski definition) is 2. The first-order valence-electron chi connectivity index (χ1n) is 6.28. The van der Waals surface area contributed by atoms with E-state index in [1.807, 2.05) is 0 Å². The van der Waals surface area contributed by atoms with Crippen LogP contribution in [0.3, 0.4) is 0 Å².